The third kappa shape index (κ3) is 3.54. The molecule has 1 N–H and O–H groups in total. The van der Waals surface area contributed by atoms with Gasteiger partial charge in [0.25, 0.3) is 0 Å². The standard InChI is InChI=1S/C19H18N4O4S/c1-23-16-8-7-15(11-14(16)12-18(23)24)28(25,26)20-10-9-17-21-22-19(27-17)13-5-3-2-4-6-13/h2-8,11,20H,9-10,12H2,1H3. The molecule has 2 aromatic carbocycles. The Kier molecular flexibility index (Phi) is 4.70. The SMILES string of the molecule is CN1C(=O)Cc2cc(S(=O)(=O)NCCc3nnc(-c4ccccc4)o3)ccc21. The maximum atomic E-state index is 12.5. The molecule has 1 aliphatic heterocycles. The van der Waals surface area contributed by atoms with Crippen LogP contribution in [0.5, 0.6) is 0 Å². The van der Waals surface area contributed by atoms with E-state index in [1.54, 1.807) is 19.2 Å². The Morgan fingerprint density at radius 3 is 2.71 bits per heavy atom. The first-order chi connectivity index (χ1) is 13.4. The minimum Gasteiger partial charge on any atom is -0.421 e. The van der Waals surface area contributed by atoms with Gasteiger partial charge in [0.1, 0.15) is 0 Å². The van der Waals surface area contributed by atoms with E-state index in [2.05, 4.69) is 14.9 Å². The highest BCUT2D eigenvalue weighted by Gasteiger charge is 2.26. The highest BCUT2D eigenvalue weighted by molar-refractivity contribution is 7.89. The largest absolute Gasteiger partial charge is 0.421 e. The molecule has 144 valence electrons. The van der Waals surface area contributed by atoms with Crippen LogP contribution in [0.3, 0.4) is 0 Å². The molecule has 0 unspecified atom stereocenters. The summed E-state index contributed by atoms with van der Waals surface area (Å²) in [4.78, 5) is 13.4. The Bertz CT molecular complexity index is 1130. The van der Waals surface area contributed by atoms with Gasteiger partial charge < -0.3 is 9.32 Å². The van der Waals surface area contributed by atoms with Crippen LogP contribution in [0, 0.1) is 0 Å². The number of likely N-dealkylation sites (N-methyl/N-ethyl adjacent to an activating group) is 1. The van der Waals surface area contributed by atoms with E-state index in [-0.39, 0.29) is 30.2 Å². The zero-order valence-electron chi connectivity index (χ0n) is 15.1. The molecule has 9 heteroatoms. The summed E-state index contributed by atoms with van der Waals surface area (Å²) >= 11 is 0. The minimum absolute atomic E-state index is 0.0527. The topological polar surface area (TPSA) is 105 Å². The van der Waals surface area contributed by atoms with Crippen LogP contribution < -0.4 is 9.62 Å². The second-order valence-electron chi connectivity index (χ2n) is 6.43. The Morgan fingerprint density at radius 2 is 1.93 bits per heavy atom. The summed E-state index contributed by atoms with van der Waals surface area (Å²) in [7, 11) is -2.03. The fourth-order valence-electron chi connectivity index (χ4n) is 3.04. The molecule has 8 nitrogen and oxygen atoms in total. The van der Waals surface area contributed by atoms with Crippen molar-refractivity contribution in [3.8, 4) is 11.5 Å². The summed E-state index contributed by atoms with van der Waals surface area (Å²) in [5, 5.41) is 7.94. The number of aromatic nitrogens is 2. The van der Waals surface area contributed by atoms with Gasteiger partial charge in [-0.2, -0.15) is 0 Å². The van der Waals surface area contributed by atoms with Crippen molar-refractivity contribution in [2.45, 2.75) is 17.7 Å². The summed E-state index contributed by atoms with van der Waals surface area (Å²) in [5.41, 5.74) is 2.25. The Balaban J connectivity index is 1.41. The lowest BCUT2D eigenvalue weighted by Crippen LogP contribution is -2.26. The molecule has 0 aliphatic carbocycles. The van der Waals surface area contributed by atoms with Crippen LogP contribution in [0.2, 0.25) is 0 Å². The molecule has 2 heterocycles. The van der Waals surface area contributed by atoms with Gasteiger partial charge in [-0.15, -0.1) is 10.2 Å². The van der Waals surface area contributed by atoms with Gasteiger partial charge in [-0.05, 0) is 35.9 Å². The Labute approximate surface area is 162 Å². The van der Waals surface area contributed by atoms with Crippen molar-refractivity contribution in [3.63, 3.8) is 0 Å². The highest BCUT2D eigenvalue weighted by Crippen LogP contribution is 2.29. The fourth-order valence-corrected chi connectivity index (χ4v) is 4.12. The summed E-state index contributed by atoms with van der Waals surface area (Å²) < 4.78 is 33.2. The second kappa shape index (κ2) is 7.17. The average Bonchev–Trinajstić information content (AvgIpc) is 3.27. The van der Waals surface area contributed by atoms with Crippen molar-refractivity contribution in [2.75, 3.05) is 18.5 Å². The zero-order valence-corrected chi connectivity index (χ0v) is 15.9. The molecule has 0 bridgehead atoms. The summed E-state index contributed by atoms with van der Waals surface area (Å²) in [6.07, 6.45) is 0.477. The molecule has 0 spiro atoms. The first-order valence-corrected chi connectivity index (χ1v) is 10.2. The molecule has 0 atom stereocenters. The average molecular weight is 398 g/mol. The molecule has 28 heavy (non-hydrogen) atoms. The van der Waals surface area contributed by atoms with Gasteiger partial charge in [0.15, 0.2) is 0 Å². The first-order valence-electron chi connectivity index (χ1n) is 8.71. The molecule has 0 fully saturated rings. The van der Waals surface area contributed by atoms with Crippen LogP contribution in [-0.2, 0) is 27.7 Å². The number of amides is 1. The quantitative estimate of drug-likeness (QED) is 0.678. The number of anilines is 1. The molecule has 1 aliphatic rings. The van der Waals surface area contributed by atoms with Crippen LogP contribution in [0.15, 0.2) is 57.8 Å². The van der Waals surface area contributed by atoms with E-state index in [1.165, 1.54) is 11.0 Å². The molecule has 1 aromatic heterocycles. The van der Waals surface area contributed by atoms with Crippen LogP contribution in [0.4, 0.5) is 5.69 Å². The van der Waals surface area contributed by atoms with Crippen molar-refractivity contribution in [2.24, 2.45) is 0 Å². The number of hydrogen-bond donors (Lipinski definition) is 1. The maximum absolute atomic E-state index is 12.5. The molecular weight excluding hydrogens is 380 g/mol. The molecule has 3 aromatic rings. The Morgan fingerprint density at radius 1 is 1.14 bits per heavy atom. The summed E-state index contributed by atoms with van der Waals surface area (Å²) in [5.74, 6) is 0.691. The summed E-state index contributed by atoms with van der Waals surface area (Å²) in [6.45, 7) is 0.120. The van der Waals surface area contributed by atoms with Gasteiger partial charge in [0, 0.05) is 31.3 Å². The van der Waals surface area contributed by atoms with Crippen LogP contribution in [0.25, 0.3) is 11.5 Å². The molecule has 0 saturated heterocycles. The zero-order chi connectivity index (χ0) is 19.7. The number of nitrogens with one attached hydrogen (secondary N) is 1. The van der Waals surface area contributed by atoms with E-state index in [0.717, 1.165) is 11.3 Å². The normalized spacial score (nSPS) is 13.8. The van der Waals surface area contributed by atoms with E-state index in [4.69, 9.17) is 4.42 Å². The number of benzene rings is 2. The van der Waals surface area contributed by atoms with Crippen molar-refractivity contribution in [3.05, 3.63) is 60.0 Å². The smallest absolute Gasteiger partial charge is 0.247 e. The van der Waals surface area contributed by atoms with Crippen LogP contribution >= 0.6 is 0 Å². The number of rotatable bonds is 6. The number of hydrogen-bond acceptors (Lipinski definition) is 6. The monoisotopic (exact) mass is 398 g/mol. The molecule has 4 rings (SSSR count). The van der Waals surface area contributed by atoms with Gasteiger partial charge >= 0.3 is 0 Å². The van der Waals surface area contributed by atoms with E-state index in [9.17, 15) is 13.2 Å². The van der Waals surface area contributed by atoms with Crippen molar-refractivity contribution in [1.29, 1.82) is 0 Å². The van der Waals surface area contributed by atoms with Crippen LogP contribution in [0.1, 0.15) is 11.5 Å². The fraction of sp³-hybridized carbons (Fsp3) is 0.211. The third-order valence-electron chi connectivity index (χ3n) is 4.56. The van der Waals surface area contributed by atoms with Gasteiger partial charge in [0.05, 0.1) is 11.3 Å². The summed E-state index contributed by atoms with van der Waals surface area (Å²) in [6, 6.07) is 14.0. The van der Waals surface area contributed by atoms with Crippen molar-refractivity contribution >= 4 is 21.6 Å². The van der Waals surface area contributed by atoms with E-state index >= 15 is 0 Å². The van der Waals surface area contributed by atoms with Gasteiger partial charge in [0.2, 0.25) is 27.7 Å². The molecule has 0 saturated carbocycles. The van der Waals surface area contributed by atoms with E-state index < -0.39 is 10.0 Å². The van der Waals surface area contributed by atoms with E-state index in [0.29, 0.717) is 17.3 Å². The van der Waals surface area contributed by atoms with Crippen molar-refractivity contribution < 1.29 is 17.6 Å². The Hall–Kier alpha value is -3.04. The molecular formula is C19H18N4O4S. The molecule has 0 radical (unpaired) electrons. The van der Waals surface area contributed by atoms with Gasteiger partial charge in [-0.1, -0.05) is 18.2 Å². The number of fused-ring (bicyclic) bond motifs is 1. The third-order valence-corrected chi connectivity index (χ3v) is 6.02. The van der Waals surface area contributed by atoms with Gasteiger partial charge in [-0.25, -0.2) is 13.1 Å². The van der Waals surface area contributed by atoms with E-state index in [1.807, 2.05) is 30.3 Å². The number of carbonyl (C=O) groups excluding carboxylic acids is 1. The van der Waals surface area contributed by atoms with Crippen molar-refractivity contribution in [1.82, 2.24) is 14.9 Å². The lowest BCUT2D eigenvalue weighted by molar-refractivity contribution is -0.117. The first kappa shape index (κ1) is 18.3. The number of nitrogens with zero attached hydrogens (tertiary/aromatic N) is 3. The molecule has 1 amide bonds. The lowest BCUT2D eigenvalue weighted by atomic mass is 10.2. The number of carbonyl (C=O) groups is 1. The lowest BCUT2D eigenvalue weighted by Gasteiger charge is -2.11. The van der Waals surface area contributed by atoms with Gasteiger partial charge in [-0.3, -0.25) is 4.79 Å². The highest BCUT2D eigenvalue weighted by atomic mass is 32.2. The predicted octanol–water partition coefficient (Wildman–Crippen LogP) is 1.78. The maximum Gasteiger partial charge on any atom is 0.247 e. The number of sulfonamides is 1. The van der Waals surface area contributed by atoms with Crippen LogP contribution in [-0.4, -0.2) is 38.1 Å². The second-order valence-corrected chi connectivity index (χ2v) is 8.20. The predicted molar refractivity (Wildman–Crippen MR) is 102 cm³/mol. The minimum atomic E-state index is -3.70.